The molecule has 20 heavy (non-hydrogen) atoms. The zero-order valence-corrected chi connectivity index (χ0v) is 11.0. The number of nitrogens with two attached hydrogens (primary N) is 1. The Balaban J connectivity index is 2.31. The van der Waals surface area contributed by atoms with Gasteiger partial charge in [-0.05, 0) is 24.5 Å². The number of β-amino-alcohol motifs (C(OH)–C–C–N with tert-alkyl or cyclic N) is 1. The van der Waals surface area contributed by atoms with Crippen molar-refractivity contribution in [3.8, 4) is 0 Å². The van der Waals surface area contributed by atoms with Gasteiger partial charge in [-0.1, -0.05) is 6.92 Å². The van der Waals surface area contributed by atoms with Crippen molar-refractivity contribution in [1.82, 2.24) is 4.98 Å². The van der Waals surface area contributed by atoms with Crippen molar-refractivity contribution in [3.63, 3.8) is 0 Å². The Morgan fingerprint density at radius 1 is 1.45 bits per heavy atom. The second-order valence-electron chi connectivity index (χ2n) is 5.02. The first-order valence-corrected chi connectivity index (χ1v) is 6.30. The molecule has 1 fully saturated rings. The number of halogens is 3. The summed E-state index contributed by atoms with van der Waals surface area (Å²) in [7, 11) is 0. The normalized spacial score (nSPS) is 23.8. The lowest BCUT2D eigenvalue weighted by molar-refractivity contribution is -0.137. The molecule has 1 aromatic heterocycles. The van der Waals surface area contributed by atoms with Crippen LogP contribution in [0.3, 0.4) is 0 Å². The maximum Gasteiger partial charge on any atom is 0.416 e. The molecule has 0 aromatic carbocycles. The summed E-state index contributed by atoms with van der Waals surface area (Å²) in [4.78, 5) is 5.67. The van der Waals surface area contributed by atoms with E-state index in [0.717, 1.165) is 12.1 Å². The quantitative estimate of drug-likeness (QED) is 0.570. The van der Waals surface area contributed by atoms with Crippen LogP contribution in [0, 0.1) is 5.92 Å². The Kier molecular flexibility index (Phi) is 4.05. The summed E-state index contributed by atoms with van der Waals surface area (Å²) in [5.41, 5.74) is 1.32. The smallest absolute Gasteiger partial charge is 0.391 e. The largest absolute Gasteiger partial charge is 0.416 e. The van der Waals surface area contributed by atoms with Crippen molar-refractivity contribution >= 4 is 11.6 Å². The first-order valence-electron chi connectivity index (χ1n) is 6.30. The minimum Gasteiger partial charge on any atom is -0.391 e. The molecule has 0 spiro atoms. The number of pyridine rings is 1. The number of anilines is 2. The van der Waals surface area contributed by atoms with Gasteiger partial charge in [0.25, 0.3) is 0 Å². The maximum atomic E-state index is 12.8. The number of nitrogen functional groups attached to an aromatic ring is 1. The van der Waals surface area contributed by atoms with Crippen molar-refractivity contribution in [2.45, 2.75) is 25.6 Å². The topological polar surface area (TPSA) is 74.4 Å². The maximum absolute atomic E-state index is 12.8. The number of aromatic nitrogens is 1. The van der Waals surface area contributed by atoms with E-state index in [0.29, 0.717) is 13.0 Å². The molecule has 0 radical (unpaired) electrons. The van der Waals surface area contributed by atoms with Gasteiger partial charge in [0.2, 0.25) is 0 Å². The van der Waals surface area contributed by atoms with Crippen molar-refractivity contribution in [2.24, 2.45) is 11.8 Å². The molecule has 2 atom stereocenters. The Labute approximate surface area is 114 Å². The summed E-state index contributed by atoms with van der Waals surface area (Å²) in [6.45, 7) is 2.73. The average Bonchev–Trinajstić information content (AvgIpc) is 2.40. The molecule has 1 aliphatic heterocycles. The Morgan fingerprint density at radius 3 is 2.70 bits per heavy atom. The number of aliphatic hydroxyl groups excluding tert-OH is 1. The van der Waals surface area contributed by atoms with Gasteiger partial charge >= 0.3 is 6.18 Å². The minimum atomic E-state index is -4.47. The minimum absolute atomic E-state index is 0.0528. The molecule has 4 N–H and O–H groups in total. The molecule has 5 nitrogen and oxygen atoms in total. The molecule has 1 aliphatic rings. The molecule has 1 saturated heterocycles. The molecule has 0 amide bonds. The van der Waals surface area contributed by atoms with Crippen LogP contribution < -0.4 is 16.2 Å². The SMILES string of the molecule is CC1CCN(c2cc(C(F)(F)F)cc(NN)n2)CC1O. The van der Waals surface area contributed by atoms with E-state index in [9.17, 15) is 18.3 Å². The predicted molar refractivity (Wildman–Crippen MR) is 69.0 cm³/mol. The van der Waals surface area contributed by atoms with Crippen molar-refractivity contribution in [3.05, 3.63) is 17.7 Å². The molecule has 2 unspecified atom stereocenters. The van der Waals surface area contributed by atoms with Gasteiger partial charge in [0.05, 0.1) is 11.7 Å². The van der Waals surface area contributed by atoms with E-state index in [-0.39, 0.29) is 24.1 Å². The Morgan fingerprint density at radius 2 is 2.15 bits per heavy atom. The fraction of sp³-hybridized carbons (Fsp3) is 0.583. The highest BCUT2D eigenvalue weighted by molar-refractivity contribution is 5.51. The predicted octanol–water partition coefficient (Wildman–Crippen LogP) is 1.59. The number of piperidine rings is 1. The van der Waals surface area contributed by atoms with E-state index >= 15 is 0 Å². The third-order valence-electron chi connectivity index (χ3n) is 3.53. The summed E-state index contributed by atoms with van der Waals surface area (Å²) in [6, 6.07) is 1.83. The molecular formula is C12H17F3N4O. The van der Waals surface area contributed by atoms with Gasteiger partial charge in [-0.15, -0.1) is 0 Å². The first-order chi connectivity index (χ1) is 9.31. The van der Waals surface area contributed by atoms with Crippen LogP contribution in [0.5, 0.6) is 0 Å². The van der Waals surface area contributed by atoms with Crippen LogP contribution in [-0.4, -0.2) is 29.3 Å². The molecule has 0 saturated carbocycles. The van der Waals surface area contributed by atoms with Crippen molar-refractivity contribution in [1.29, 1.82) is 0 Å². The number of hydrogen-bond acceptors (Lipinski definition) is 5. The lowest BCUT2D eigenvalue weighted by atomic mass is 9.96. The first kappa shape index (κ1) is 14.9. The van der Waals surface area contributed by atoms with Crippen LogP contribution >= 0.6 is 0 Å². The molecule has 0 aliphatic carbocycles. The van der Waals surface area contributed by atoms with Gasteiger partial charge in [-0.25, -0.2) is 10.8 Å². The molecule has 8 heteroatoms. The van der Waals surface area contributed by atoms with Crippen LogP contribution in [0.15, 0.2) is 12.1 Å². The molecule has 112 valence electrons. The highest BCUT2D eigenvalue weighted by atomic mass is 19.4. The summed E-state index contributed by atoms with van der Waals surface area (Å²) >= 11 is 0. The summed E-state index contributed by atoms with van der Waals surface area (Å²) in [5.74, 6) is 5.40. The summed E-state index contributed by atoms with van der Waals surface area (Å²) in [5, 5.41) is 9.83. The number of nitrogens with one attached hydrogen (secondary N) is 1. The van der Waals surface area contributed by atoms with E-state index in [1.54, 1.807) is 4.90 Å². The number of hydrazine groups is 1. The van der Waals surface area contributed by atoms with E-state index in [2.05, 4.69) is 10.4 Å². The summed E-state index contributed by atoms with van der Waals surface area (Å²) in [6.07, 6.45) is -4.34. The average molecular weight is 290 g/mol. The van der Waals surface area contributed by atoms with Gasteiger partial charge in [-0.2, -0.15) is 13.2 Å². The molecule has 2 heterocycles. The van der Waals surface area contributed by atoms with Gasteiger partial charge in [0.1, 0.15) is 11.6 Å². The second kappa shape index (κ2) is 5.45. The van der Waals surface area contributed by atoms with Crippen LogP contribution in [0.1, 0.15) is 18.9 Å². The molecule has 0 bridgehead atoms. The standard InChI is InChI=1S/C12H17F3N4O/c1-7-2-3-19(6-9(7)20)11-5-8(12(13,14)15)4-10(17-11)18-16/h4-5,7,9,20H,2-3,6,16H2,1H3,(H,17,18). The fourth-order valence-electron chi connectivity index (χ4n) is 2.17. The van der Waals surface area contributed by atoms with Crippen molar-refractivity contribution in [2.75, 3.05) is 23.4 Å². The highest BCUT2D eigenvalue weighted by Gasteiger charge is 2.33. The van der Waals surface area contributed by atoms with Crippen LogP contribution in [-0.2, 0) is 6.18 Å². The monoisotopic (exact) mass is 290 g/mol. The van der Waals surface area contributed by atoms with Gasteiger partial charge in [-0.3, -0.25) is 0 Å². The fourth-order valence-corrected chi connectivity index (χ4v) is 2.17. The van der Waals surface area contributed by atoms with Crippen LogP contribution in [0.4, 0.5) is 24.8 Å². The van der Waals surface area contributed by atoms with E-state index in [1.807, 2.05) is 6.92 Å². The zero-order chi connectivity index (χ0) is 14.9. The van der Waals surface area contributed by atoms with Crippen molar-refractivity contribution < 1.29 is 18.3 Å². The molecular weight excluding hydrogens is 273 g/mol. The van der Waals surface area contributed by atoms with E-state index in [1.165, 1.54) is 0 Å². The summed E-state index contributed by atoms with van der Waals surface area (Å²) < 4.78 is 38.5. The second-order valence-corrected chi connectivity index (χ2v) is 5.02. The lowest BCUT2D eigenvalue weighted by Gasteiger charge is -2.35. The number of aliphatic hydroxyl groups is 1. The zero-order valence-electron chi connectivity index (χ0n) is 11.0. The third-order valence-corrected chi connectivity index (χ3v) is 3.53. The third kappa shape index (κ3) is 3.13. The lowest BCUT2D eigenvalue weighted by Crippen LogP contribution is -2.43. The Hall–Kier alpha value is -1.54. The number of nitrogens with zero attached hydrogens (tertiary/aromatic N) is 2. The van der Waals surface area contributed by atoms with E-state index in [4.69, 9.17) is 5.84 Å². The molecule has 1 aromatic rings. The number of rotatable bonds is 2. The number of alkyl halides is 3. The van der Waals surface area contributed by atoms with E-state index < -0.39 is 17.8 Å². The highest BCUT2D eigenvalue weighted by Crippen LogP contribution is 2.33. The van der Waals surface area contributed by atoms with Gasteiger partial charge in [0, 0.05) is 13.1 Å². The van der Waals surface area contributed by atoms with Gasteiger partial charge < -0.3 is 15.4 Å². The number of hydrogen-bond donors (Lipinski definition) is 3. The van der Waals surface area contributed by atoms with Crippen LogP contribution in [0.25, 0.3) is 0 Å². The molecule has 2 rings (SSSR count). The van der Waals surface area contributed by atoms with Gasteiger partial charge in [0.15, 0.2) is 0 Å². The Bertz CT molecular complexity index is 480. The van der Waals surface area contributed by atoms with Crippen LogP contribution in [0.2, 0.25) is 0 Å².